The van der Waals surface area contributed by atoms with E-state index in [-0.39, 0.29) is 24.6 Å². The highest BCUT2D eigenvalue weighted by Crippen LogP contribution is 2.40. The van der Waals surface area contributed by atoms with Gasteiger partial charge in [0.2, 0.25) is 0 Å². The highest BCUT2D eigenvalue weighted by atomic mass is 32.1. The number of esters is 1. The van der Waals surface area contributed by atoms with Crippen LogP contribution in [0.5, 0.6) is 0 Å². The summed E-state index contributed by atoms with van der Waals surface area (Å²) in [7, 11) is 0. The van der Waals surface area contributed by atoms with Gasteiger partial charge in [-0.1, -0.05) is 6.07 Å². The number of rotatable bonds is 6. The van der Waals surface area contributed by atoms with Gasteiger partial charge in [0, 0.05) is 23.1 Å². The zero-order chi connectivity index (χ0) is 21.3. The van der Waals surface area contributed by atoms with Crippen LogP contribution in [0.15, 0.2) is 43.1 Å². The second-order valence-electron chi connectivity index (χ2n) is 7.04. The topological polar surface area (TPSA) is 90.1 Å². The van der Waals surface area contributed by atoms with Gasteiger partial charge in [-0.3, -0.25) is 14.5 Å². The summed E-state index contributed by atoms with van der Waals surface area (Å²) in [5.41, 5.74) is 3.90. The Bertz CT molecular complexity index is 1050. The first-order valence-electron chi connectivity index (χ1n) is 9.69. The normalized spacial score (nSPS) is 18.5. The van der Waals surface area contributed by atoms with E-state index in [1.807, 2.05) is 46.3 Å². The van der Waals surface area contributed by atoms with E-state index in [0.717, 1.165) is 22.6 Å². The Morgan fingerprint density at radius 3 is 2.70 bits per heavy atom. The number of nitrogens with one attached hydrogen (secondary N) is 1. The summed E-state index contributed by atoms with van der Waals surface area (Å²) >= 11 is 5.61. The summed E-state index contributed by atoms with van der Waals surface area (Å²) in [5, 5.41) is 11.7. The number of hydrogen-bond acceptors (Lipinski definition) is 6. The van der Waals surface area contributed by atoms with E-state index < -0.39 is 0 Å². The van der Waals surface area contributed by atoms with Crippen LogP contribution in [0, 0.1) is 13.8 Å². The number of carbonyl (C=O) groups excluding carboxylic acids is 1. The fraction of sp³-hybridized carbons (Fsp3) is 0.350. The van der Waals surface area contributed by atoms with E-state index in [2.05, 4.69) is 26.6 Å². The summed E-state index contributed by atoms with van der Waals surface area (Å²) in [6, 6.07) is 7.44. The lowest BCUT2D eigenvalue weighted by molar-refractivity contribution is -0.143. The van der Waals surface area contributed by atoms with E-state index in [9.17, 15) is 4.79 Å². The molecule has 10 heteroatoms. The fourth-order valence-corrected chi connectivity index (χ4v) is 4.30. The Hall–Kier alpha value is -3.27. The molecule has 1 aliphatic rings. The largest absolute Gasteiger partial charge is 0.465 e. The molecule has 0 bridgehead atoms. The number of aromatic nitrogens is 5. The molecule has 2 atom stereocenters. The number of carbonyl (C=O) groups is 1. The summed E-state index contributed by atoms with van der Waals surface area (Å²) in [6.45, 7) is 6.22. The van der Waals surface area contributed by atoms with Gasteiger partial charge in [-0.2, -0.15) is 0 Å². The second kappa shape index (κ2) is 8.23. The highest BCUT2D eigenvalue weighted by molar-refractivity contribution is 7.80. The Labute approximate surface area is 179 Å². The number of thiocarbonyl (C=S) groups is 1. The molecule has 1 aliphatic heterocycles. The Morgan fingerprint density at radius 1 is 1.27 bits per heavy atom. The summed E-state index contributed by atoms with van der Waals surface area (Å²) in [6.07, 6.45) is 5.05. The molecule has 0 saturated carbocycles. The lowest BCUT2D eigenvalue weighted by atomic mass is 9.97. The van der Waals surface area contributed by atoms with Crippen molar-refractivity contribution in [1.82, 2.24) is 34.8 Å². The molecule has 0 aliphatic carbocycles. The van der Waals surface area contributed by atoms with Gasteiger partial charge >= 0.3 is 5.97 Å². The van der Waals surface area contributed by atoms with Crippen molar-refractivity contribution in [1.29, 1.82) is 0 Å². The van der Waals surface area contributed by atoms with Gasteiger partial charge < -0.3 is 15.0 Å². The smallest absolute Gasteiger partial charge is 0.325 e. The molecular weight excluding hydrogens is 402 g/mol. The summed E-state index contributed by atoms with van der Waals surface area (Å²) < 4.78 is 9.03. The first-order valence-corrected chi connectivity index (χ1v) is 10.1. The Morgan fingerprint density at radius 2 is 2.03 bits per heavy atom. The average Bonchev–Trinajstić information content (AvgIpc) is 3.42. The molecule has 0 radical (unpaired) electrons. The molecule has 30 heavy (non-hydrogen) atoms. The van der Waals surface area contributed by atoms with Gasteiger partial charge in [-0.25, -0.2) is 4.68 Å². The van der Waals surface area contributed by atoms with Crippen LogP contribution in [0.4, 0.5) is 0 Å². The van der Waals surface area contributed by atoms with Crippen LogP contribution < -0.4 is 5.32 Å². The minimum absolute atomic E-state index is 0.0595. The van der Waals surface area contributed by atoms with Crippen LogP contribution in [-0.4, -0.2) is 53.7 Å². The molecule has 9 nitrogen and oxygen atoms in total. The molecule has 0 spiro atoms. The number of hydrogen-bond donors (Lipinski definition) is 1. The molecule has 0 aromatic carbocycles. The lowest BCUT2D eigenvalue weighted by Gasteiger charge is -2.27. The van der Waals surface area contributed by atoms with Crippen molar-refractivity contribution in [2.45, 2.75) is 32.9 Å². The monoisotopic (exact) mass is 425 g/mol. The van der Waals surface area contributed by atoms with Gasteiger partial charge in [0.15, 0.2) is 5.11 Å². The van der Waals surface area contributed by atoms with Crippen molar-refractivity contribution in [3.8, 4) is 0 Å². The molecule has 0 amide bonds. The molecule has 1 fully saturated rings. The first kappa shape index (κ1) is 20.0. The van der Waals surface area contributed by atoms with Crippen molar-refractivity contribution in [3.05, 3.63) is 65.8 Å². The fourth-order valence-electron chi connectivity index (χ4n) is 3.99. The van der Waals surface area contributed by atoms with Crippen LogP contribution in [-0.2, 0) is 9.53 Å². The average molecular weight is 426 g/mol. The third-order valence-electron chi connectivity index (χ3n) is 5.19. The minimum atomic E-state index is -0.319. The molecule has 1 saturated heterocycles. The molecule has 156 valence electrons. The van der Waals surface area contributed by atoms with E-state index in [4.69, 9.17) is 17.0 Å². The molecule has 4 heterocycles. The maximum atomic E-state index is 12.3. The Balaban J connectivity index is 1.80. The predicted octanol–water partition coefficient (Wildman–Crippen LogP) is 1.94. The zero-order valence-electron chi connectivity index (χ0n) is 17.0. The standard InChI is InChI=1S/C20H23N7O2S/c1-4-29-17(28)10-26-19(18(24-20(26)30)16-7-5-6-8-21-16)15-9-13(2)27(14(15)3)25-11-22-23-12-25/h5-9,11-12,18-19H,4,10H2,1-3H3,(H,24,30)/t18-,19+/m1/s1. The molecule has 3 aromatic heterocycles. The zero-order valence-corrected chi connectivity index (χ0v) is 17.8. The van der Waals surface area contributed by atoms with E-state index in [0.29, 0.717) is 11.7 Å². The van der Waals surface area contributed by atoms with Gasteiger partial charge in [-0.15, -0.1) is 10.2 Å². The van der Waals surface area contributed by atoms with Crippen LogP contribution in [0.25, 0.3) is 0 Å². The first-order chi connectivity index (χ1) is 14.5. The van der Waals surface area contributed by atoms with Crippen LogP contribution in [0.1, 0.15) is 41.7 Å². The lowest BCUT2D eigenvalue weighted by Crippen LogP contribution is -2.35. The molecular formula is C20H23N7O2S. The molecule has 0 unspecified atom stereocenters. The molecule has 1 N–H and O–H groups in total. The van der Waals surface area contributed by atoms with E-state index in [1.54, 1.807) is 25.8 Å². The Kier molecular flexibility index (Phi) is 5.49. The highest BCUT2D eigenvalue weighted by Gasteiger charge is 2.42. The van der Waals surface area contributed by atoms with E-state index >= 15 is 0 Å². The van der Waals surface area contributed by atoms with E-state index in [1.165, 1.54) is 0 Å². The van der Waals surface area contributed by atoms with Crippen molar-refractivity contribution in [2.75, 3.05) is 13.2 Å². The maximum absolute atomic E-state index is 12.3. The number of ether oxygens (including phenoxy) is 1. The maximum Gasteiger partial charge on any atom is 0.325 e. The molecule has 3 aromatic rings. The molecule has 4 rings (SSSR count). The number of pyridine rings is 1. The third kappa shape index (κ3) is 3.54. The van der Waals surface area contributed by atoms with Crippen molar-refractivity contribution < 1.29 is 9.53 Å². The van der Waals surface area contributed by atoms with Crippen LogP contribution >= 0.6 is 12.2 Å². The quantitative estimate of drug-likeness (QED) is 0.473. The van der Waals surface area contributed by atoms with Crippen LogP contribution in [0.3, 0.4) is 0 Å². The summed E-state index contributed by atoms with van der Waals surface area (Å²) in [4.78, 5) is 18.7. The second-order valence-corrected chi connectivity index (χ2v) is 7.43. The predicted molar refractivity (Wildman–Crippen MR) is 114 cm³/mol. The van der Waals surface area contributed by atoms with Crippen LogP contribution in [0.2, 0.25) is 0 Å². The van der Waals surface area contributed by atoms with Gasteiger partial charge in [-0.05, 0) is 51.2 Å². The SMILES string of the molecule is CCOC(=O)CN1C(=S)N[C@H](c2ccccn2)[C@@H]1c1cc(C)n(-n2cnnc2)c1C. The van der Waals surface area contributed by atoms with Gasteiger partial charge in [0.05, 0.1) is 24.4 Å². The van der Waals surface area contributed by atoms with Gasteiger partial charge in [0.1, 0.15) is 19.2 Å². The van der Waals surface area contributed by atoms with Gasteiger partial charge in [0.25, 0.3) is 0 Å². The third-order valence-corrected chi connectivity index (χ3v) is 5.55. The number of nitrogens with zero attached hydrogens (tertiary/aromatic N) is 6. The minimum Gasteiger partial charge on any atom is -0.465 e. The summed E-state index contributed by atoms with van der Waals surface area (Å²) in [5.74, 6) is -0.319. The van der Waals surface area contributed by atoms with Crippen molar-refractivity contribution >= 4 is 23.3 Å². The number of aryl methyl sites for hydroxylation is 1. The van der Waals surface area contributed by atoms with Crippen molar-refractivity contribution in [2.24, 2.45) is 0 Å². The van der Waals surface area contributed by atoms with Crippen molar-refractivity contribution in [3.63, 3.8) is 0 Å².